The van der Waals surface area contributed by atoms with E-state index in [2.05, 4.69) is 41.6 Å². The summed E-state index contributed by atoms with van der Waals surface area (Å²) in [5.41, 5.74) is 5.07. The molecule has 0 spiro atoms. The first-order valence-electron chi connectivity index (χ1n) is 10.1. The molecule has 2 aromatic heterocycles. The van der Waals surface area contributed by atoms with Gasteiger partial charge >= 0.3 is 0 Å². The molecule has 0 fully saturated rings. The summed E-state index contributed by atoms with van der Waals surface area (Å²) in [5, 5.41) is 13.3. The van der Waals surface area contributed by atoms with Crippen molar-refractivity contribution in [3.63, 3.8) is 0 Å². The number of rotatable bonds is 7. The second-order valence-electron chi connectivity index (χ2n) is 7.02. The molecular formula is C23H17BrN6O3S. The van der Waals surface area contributed by atoms with Crippen LogP contribution in [-0.2, 0) is 4.79 Å². The molecule has 9 nitrogen and oxygen atoms in total. The number of aromatic nitrogens is 4. The minimum absolute atomic E-state index is 0.112. The average Bonchev–Trinajstić information content (AvgIpc) is 3.50. The van der Waals surface area contributed by atoms with Crippen molar-refractivity contribution in [2.75, 3.05) is 12.5 Å². The van der Waals surface area contributed by atoms with E-state index < -0.39 is 0 Å². The number of hydrogen-bond donors (Lipinski definition) is 1. The van der Waals surface area contributed by atoms with Crippen LogP contribution in [0.3, 0.4) is 0 Å². The zero-order chi connectivity index (χ0) is 23.3. The molecule has 170 valence electrons. The van der Waals surface area contributed by atoms with Crippen LogP contribution >= 0.6 is 27.7 Å². The average molecular weight is 537 g/mol. The van der Waals surface area contributed by atoms with E-state index >= 15 is 0 Å². The lowest BCUT2D eigenvalue weighted by Gasteiger charge is -2.10. The monoisotopic (exact) mass is 536 g/mol. The van der Waals surface area contributed by atoms with Gasteiger partial charge in [0, 0.05) is 33.7 Å². The number of hydrazone groups is 1. The molecule has 34 heavy (non-hydrogen) atoms. The molecule has 1 amide bonds. The third-order valence-corrected chi connectivity index (χ3v) is 6.42. The number of nitrogens with one attached hydrogen (secondary N) is 1. The van der Waals surface area contributed by atoms with E-state index in [1.807, 2.05) is 47.0 Å². The number of carbonyl (C=O) groups is 1. The normalized spacial score (nSPS) is 12.3. The summed E-state index contributed by atoms with van der Waals surface area (Å²) in [4.78, 5) is 16.5. The van der Waals surface area contributed by atoms with Crippen LogP contribution in [0.25, 0.3) is 17.1 Å². The zero-order valence-corrected chi connectivity index (χ0v) is 20.0. The Labute approximate surface area is 207 Å². The highest BCUT2D eigenvalue weighted by Crippen LogP contribution is 2.36. The summed E-state index contributed by atoms with van der Waals surface area (Å²) in [6.07, 6.45) is 4.95. The molecule has 0 radical (unpaired) electrons. The van der Waals surface area contributed by atoms with Gasteiger partial charge in [-0.1, -0.05) is 30.0 Å². The molecule has 0 saturated heterocycles. The van der Waals surface area contributed by atoms with Crippen molar-refractivity contribution in [1.82, 2.24) is 25.2 Å². The van der Waals surface area contributed by atoms with Crippen LogP contribution < -0.4 is 14.9 Å². The Morgan fingerprint density at radius 3 is 2.68 bits per heavy atom. The predicted octanol–water partition coefficient (Wildman–Crippen LogP) is 4.06. The first kappa shape index (κ1) is 22.1. The molecule has 0 bridgehead atoms. The number of thioether (sulfide) groups is 1. The largest absolute Gasteiger partial charge is 0.454 e. The molecule has 4 aromatic rings. The van der Waals surface area contributed by atoms with Gasteiger partial charge in [-0.05, 0) is 52.3 Å². The number of benzene rings is 2. The fourth-order valence-electron chi connectivity index (χ4n) is 3.23. The van der Waals surface area contributed by atoms with Crippen LogP contribution in [0, 0.1) is 0 Å². The van der Waals surface area contributed by atoms with Crippen LogP contribution in [0.2, 0.25) is 0 Å². The topological polar surface area (TPSA) is 104 Å². The molecule has 11 heteroatoms. The van der Waals surface area contributed by atoms with Crippen LogP contribution in [-0.4, -0.2) is 44.4 Å². The summed E-state index contributed by atoms with van der Waals surface area (Å²) in [7, 11) is 0. The number of amides is 1. The first-order chi connectivity index (χ1) is 16.7. The Bertz CT molecular complexity index is 1350. The summed E-state index contributed by atoms with van der Waals surface area (Å²) in [6.45, 7) is 0.187. The van der Waals surface area contributed by atoms with Gasteiger partial charge in [0.2, 0.25) is 6.79 Å². The van der Waals surface area contributed by atoms with Gasteiger partial charge < -0.3 is 9.47 Å². The molecule has 1 aliphatic heterocycles. The summed E-state index contributed by atoms with van der Waals surface area (Å²) >= 11 is 4.74. The van der Waals surface area contributed by atoms with Crippen LogP contribution in [0.15, 0.2) is 81.7 Å². The van der Waals surface area contributed by atoms with E-state index in [0.717, 1.165) is 21.3 Å². The Morgan fingerprint density at radius 2 is 1.88 bits per heavy atom. The van der Waals surface area contributed by atoms with Crippen molar-refractivity contribution in [2.45, 2.75) is 5.16 Å². The number of halogens is 1. The minimum Gasteiger partial charge on any atom is -0.454 e. The van der Waals surface area contributed by atoms with Crippen LogP contribution in [0.5, 0.6) is 11.5 Å². The van der Waals surface area contributed by atoms with Crippen molar-refractivity contribution >= 4 is 39.8 Å². The Balaban J connectivity index is 1.28. The van der Waals surface area contributed by atoms with Crippen molar-refractivity contribution < 1.29 is 14.3 Å². The molecule has 3 heterocycles. The van der Waals surface area contributed by atoms with Crippen molar-refractivity contribution in [3.8, 4) is 28.6 Å². The maximum Gasteiger partial charge on any atom is 0.250 e. The van der Waals surface area contributed by atoms with E-state index in [9.17, 15) is 4.79 Å². The number of fused-ring (bicyclic) bond motifs is 1. The number of pyridine rings is 1. The standard InChI is InChI=1S/C23H17BrN6O3S/c24-18-11-20-19(32-14-33-20)10-16(18)12-26-27-21(31)13-34-23-29-28-22(15-6-8-25-9-7-15)30(23)17-4-2-1-3-5-17/h1-12H,13-14H2,(H,27,31)/b26-12+. The predicted molar refractivity (Wildman–Crippen MR) is 131 cm³/mol. The molecule has 0 saturated carbocycles. The van der Waals surface area contributed by atoms with Crippen molar-refractivity contribution in [1.29, 1.82) is 0 Å². The maximum atomic E-state index is 12.4. The van der Waals surface area contributed by atoms with Crippen molar-refractivity contribution in [3.05, 3.63) is 77.0 Å². The van der Waals surface area contributed by atoms with E-state index in [4.69, 9.17) is 9.47 Å². The second-order valence-corrected chi connectivity index (χ2v) is 8.82. The number of nitrogens with zero attached hydrogens (tertiary/aromatic N) is 5. The highest BCUT2D eigenvalue weighted by atomic mass is 79.9. The minimum atomic E-state index is -0.272. The Hall–Kier alpha value is -3.70. The highest BCUT2D eigenvalue weighted by molar-refractivity contribution is 9.10. The lowest BCUT2D eigenvalue weighted by Crippen LogP contribution is -2.20. The Kier molecular flexibility index (Phi) is 6.54. The molecule has 2 aromatic carbocycles. The fourth-order valence-corrected chi connectivity index (χ4v) is 4.40. The molecule has 0 unspecified atom stereocenters. The second kappa shape index (κ2) is 10.1. The molecule has 5 rings (SSSR count). The molecule has 1 N–H and O–H groups in total. The lowest BCUT2D eigenvalue weighted by atomic mass is 10.2. The van der Waals surface area contributed by atoms with E-state index in [0.29, 0.717) is 22.5 Å². The summed E-state index contributed by atoms with van der Waals surface area (Å²) in [6, 6.07) is 17.1. The SMILES string of the molecule is O=C(CSc1nnc(-c2ccncc2)n1-c1ccccc1)N/N=C/c1cc2c(cc1Br)OCO2. The first-order valence-corrected chi connectivity index (χ1v) is 11.9. The van der Waals surface area contributed by atoms with Gasteiger partial charge in [0.1, 0.15) is 0 Å². The van der Waals surface area contributed by atoms with Gasteiger partial charge in [0.05, 0.1) is 12.0 Å². The van der Waals surface area contributed by atoms with Gasteiger partial charge in [0.15, 0.2) is 22.5 Å². The number of carbonyl (C=O) groups excluding carboxylic acids is 1. The smallest absolute Gasteiger partial charge is 0.250 e. The summed E-state index contributed by atoms with van der Waals surface area (Å²) < 4.78 is 13.4. The van der Waals surface area contributed by atoms with Crippen molar-refractivity contribution in [2.24, 2.45) is 5.10 Å². The fraction of sp³-hybridized carbons (Fsp3) is 0.0870. The lowest BCUT2D eigenvalue weighted by molar-refractivity contribution is -0.118. The van der Waals surface area contributed by atoms with Gasteiger partial charge in [-0.2, -0.15) is 5.10 Å². The number of para-hydroxylation sites is 1. The van der Waals surface area contributed by atoms with Crippen LogP contribution in [0.1, 0.15) is 5.56 Å². The van der Waals surface area contributed by atoms with Crippen LogP contribution in [0.4, 0.5) is 0 Å². The maximum absolute atomic E-state index is 12.4. The van der Waals surface area contributed by atoms with E-state index in [1.165, 1.54) is 11.8 Å². The Morgan fingerprint density at radius 1 is 1.12 bits per heavy atom. The summed E-state index contributed by atoms with van der Waals surface area (Å²) in [5.74, 6) is 1.81. The quantitative estimate of drug-likeness (QED) is 0.216. The molecule has 1 aliphatic rings. The molecular weight excluding hydrogens is 520 g/mol. The van der Waals surface area contributed by atoms with Gasteiger partial charge in [-0.15, -0.1) is 10.2 Å². The molecule has 0 atom stereocenters. The number of ether oxygens (including phenoxy) is 2. The highest BCUT2D eigenvalue weighted by Gasteiger charge is 2.18. The van der Waals surface area contributed by atoms with E-state index in [-0.39, 0.29) is 18.5 Å². The third-order valence-electron chi connectivity index (χ3n) is 4.80. The van der Waals surface area contributed by atoms with Gasteiger partial charge in [-0.25, -0.2) is 5.43 Å². The van der Waals surface area contributed by atoms with Gasteiger partial charge in [-0.3, -0.25) is 14.3 Å². The van der Waals surface area contributed by atoms with E-state index in [1.54, 1.807) is 30.7 Å². The van der Waals surface area contributed by atoms with Gasteiger partial charge in [0.25, 0.3) is 5.91 Å². The molecule has 0 aliphatic carbocycles. The number of hydrogen-bond acceptors (Lipinski definition) is 8. The third kappa shape index (κ3) is 4.80. The zero-order valence-electron chi connectivity index (χ0n) is 17.6.